The van der Waals surface area contributed by atoms with Crippen LogP contribution in [0.4, 0.5) is 4.39 Å². The number of carbonyl (C=O) groups is 1. The third-order valence-corrected chi connectivity index (χ3v) is 5.42. The number of morpholine rings is 1. The van der Waals surface area contributed by atoms with Gasteiger partial charge < -0.3 is 15.0 Å². The second kappa shape index (κ2) is 10.1. The average Bonchev–Trinajstić information content (AvgIpc) is 2.75. The van der Waals surface area contributed by atoms with E-state index in [0.717, 1.165) is 30.8 Å². The van der Waals surface area contributed by atoms with Gasteiger partial charge in [0.25, 0.3) is 0 Å². The Morgan fingerprint density at radius 1 is 1.21 bits per heavy atom. The molecule has 1 aromatic heterocycles. The van der Waals surface area contributed by atoms with E-state index >= 15 is 0 Å². The van der Waals surface area contributed by atoms with Gasteiger partial charge in [-0.25, -0.2) is 4.39 Å². The van der Waals surface area contributed by atoms with Gasteiger partial charge in [-0.3, -0.25) is 14.7 Å². The van der Waals surface area contributed by atoms with Crippen molar-refractivity contribution in [2.24, 2.45) is 0 Å². The van der Waals surface area contributed by atoms with E-state index in [0.29, 0.717) is 26.2 Å². The minimum atomic E-state index is -0.271. The summed E-state index contributed by atoms with van der Waals surface area (Å²) >= 11 is 0. The normalized spacial score (nSPS) is 22.7. The molecule has 0 saturated carbocycles. The lowest BCUT2D eigenvalue weighted by molar-refractivity contribution is -0.141. The van der Waals surface area contributed by atoms with Gasteiger partial charge in [0, 0.05) is 44.6 Å². The molecular weight excluding hydrogens is 395 g/mol. The first-order valence-electron chi connectivity index (χ1n) is 9.70. The molecule has 0 spiro atoms. The topological polar surface area (TPSA) is 57.7 Å². The Kier molecular flexibility index (Phi) is 7.55. The predicted molar refractivity (Wildman–Crippen MR) is 110 cm³/mol. The van der Waals surface area contributed by atoms with E-state index in [9.17, 15) is 9.18 Å². The number of carbonyl (C=O) groups excluding carboxylic acids is 1. The van der Waals surface area contributed by atoms with Crippen LogP contribution < -0.4 is 5.32 Å². The van der Waals surface area contributed by atoms with Gasteiger partial charge >= 0.3 is 0 Å². The lowest BCUT2D eigenvalue weighted by Gasteiger charge is -2.38. The summed E-state index contributed by atoms with van der Waals surface area (Å²) < 4.78 is 19.0. The van der Waals surface area contributed by atoms with E-state index < -0.39 is 0 Å². The zero-order valence-corrected chi connectivity index (χ0v) is 17.0. The van der Waals surface area contributed by atoms with Crippen molar-refractivity contribution in [3.05, 3.63) is 65.7 Å². The first kappa shape index (κ1) is 21.6. The molecule has 1 amide bonds. The third-order valence-electron chi connectivity index (χ3n) is 5.42. The van der Waals surface area contributed by atoms with Crippen molar-refractivity contribution in [1.29, 1.82) is 0 Å². The predicted octanol–water partition coefficient (Wildman–Crippen LogP) is 2.19. The van der Waals surface area contributed by atoms with Crippen LogP contribution in [0.1, 0.15) is 23.3 Å². The molecule has 156 valence electrons. The van der Waals surface area contributed by atoms with Gasteiger partial charge in [0.05, 0.1) is 19.7 Å². The van der Waals surface area contributed by atoms with Crippen LogP contribution in [0.25, 0.3) is 0 Å². The quantitative estimate of drug-likeness (QED) is 0.821. The van der Waals surface area contributed by atoms with E-state index in [4.69, 9.17) is 4.74 Å². The van der Waals surface area contributed by atoms with Gasteiger partial charge in [0.15, 0.2) is 0 Å². The minimum absolute atomic E-state index is 0. The van der Waals surface area contributed by atoms with Crippen LogP contribution in [0.3, 0.4) is 0 Å². The molecule has 2 atom stereocenters. The molecule has 0 radical (unpaired) electrons. The van der Waals surface area contributed by atoms with Crippen molar-refractivity contribution in [2.75, 3.05) is 45.9 Å². The molecule has 29 heavy (non-hydrogen) atoms. The number of hydrogen-bond donors (Lipinski definition) is 1. The molecule has 0 aliphatic carbocycles. The molecular formula is C21H26ClFN4O2. The molecule has 2 saturated heterocycles. The fourth-order valence-electron chi connectivity index (χ4n) is 3.87. The number of aromatic nitrogens is 1. The Hall–Kier alpha value is -2.06. The summed E-state index contributed by atoms with van der Waals surface area (Å²) in [5.41, 5.74) is 2.02. The van der Waals surface area contributed by atoms with E-state index in [-0.39, 0.29) is 36.3 Å². The monoisotopic (exact) mass is 420 g/mol. The Morgan fingerprint density at radius 3 is 2.79 bits per heavy atom. The van der Waals surface area contributed by atoms with Gasteiger partial charge in [-0.1, -0.05) is 18.2 Å². The van der Waals surface area contributed by atoms with Crippen LogP contribution in [-0.4, -0.2) is 66.6 Å². The van der Waals surface area contributed by atoms with Crippen LogP contribution in [0.5, 0.6) is 0 Å². The zero-order chi connectivity index (χ0) is 19.3. The summed E-state index contributed by atoms with van der Waals surface area (Å²) in [6.45, 7) is 4.43. The van der Waals surface area contributed by atoms with Crippen molar-refractivity contribution < 1.29 is 13.9 Å². The first-order valence-corrected chi connectivity index (χ1v) is 9.70. The van der Waals surface area contributed by atoms with Crippen molar-refractivity contribution >= 4 is 18.3 Å². The molecule has 0 bridgehead atoms. The lowest BCUT2D eigenvalue weighted by Crippen LogP contribution is -2.52. The summed E-state index contributed by atoms with van der Waals surface area (Å²) in [6, 6.07) is 10.4. The Labute approximate surface area is 176 Å². The fraction of sp³-hybridized carbons (Fsp3) is 0.429. The second-order valence-electron chi connectivity index (χ2n) is 7.23. The molecule has 2 aliphatic heterocycles. The van der Waals surface area contributed by atoms with E-state index in [1.807, 2.05) is 17.2 Å². The number of piperazine rings is 1. The number of nitrogens with one attached hydrogen (secondary N) is 1. The molecule has 4 rings (SSSR count). The summed E-state index contributed by atoms with van der Waals surface area (Å²) in [5.74, 6) is -0.168. The molecule has 1 aromatic carbocycles. The summed E-state index contributed by atoms with van der Waals surface area (Å²) in [6.07, 6.45) is 3.42. The highest BCUT2D eigenvalue weighted by Gasteiger charge is 2.30. The van der Waals surface area contributed by atoms with Crippen molar-refractivity contribution in [3.8, 4) is 0 Å². The highest BCUT2D eigenvalue weighted by atomic mass is 35.5. The summed E-state index contributed by atoms with van der Waals surface area (Å²) in [4.78, 5) is 21.3. The number of halogens is 2. The van der Waals surface area contributed by atoms with Crippen LogP contribution in [0, 0.1) is 5.82 Å². The zero-order valence-electron chi connectivity index (χ0n) is 16.2. The molecule has 6 nitrogen and oxygen atoms in total. The Morgan fingerprint density at radius 2 is 2.03 bits per heavy atom. The number of nitrogens with zero attached hydrogens (tertiary/aromatic N) is 3. The molecule has 2 fully saturated rings. The maximum Gasteiger partial charge on any atom is 0.236 e. The Balaban J connectivity index is 0.00000240. The highest BCUT2D eigenvalue weighted by molar-refractivity contribution is 5.85. The van der Waals surface area contributed by atoms with E-state index in [2.05, 4.69) is 21.3 Å². The molecule has 2 unspecified atom stereocenters. The SMILES string of the molecule is Cl.O=C(CN1CCNCC1c1cccnc1)N1CCOC(c2ccc(F)cc2)C1. The summed E-state index contributed by atoms with van der Waals surface area (Å²) in [5, 5.41) is 3.40. The van der Waals surface area contributed by atoms with Gasteiger partial charge in [0.1, 0.15) is 11.9 Å². The number of hydrogen-bond acceptors (Lipinski definition) is 5. The highest BCUT2D eigenvalue weighted by Crippen LogP contribution is 2.24. The first-order chi connectivity index (χ1) is 13.7. The van der Waals surface area contributed by atoms with Crippen LogP contribution in [-0.2, 0) is 9.53 Å². The smallest absolute Gasteiger partial charge is 0.236 e. The molecule has 1 N–H and O–H groups in total. The lowest BCUT2D eigenvalue weighted by atomic mass is 10.0. The standard InChI is InChI=1S/C21H25FN4O2.ClH/c22-18-5-3-16(4-6-18)20-14-26(10-11-28-20)21(27)15-25-9-8-24-13-19(25)17-2-1-7-23-12-17;/h1-7,12,19-20,24H,8-11,13-15H2;1H. The van der Waals surface area contributed by atoms with Gasteiger partial charge in [-0.05, 0) is 29.3 Å². The van der Waals surface area contributed by atoms with Crippen molar-refractivity contribution in [3.63, 3.8) is 0 Å². The van der Waals surface area contributed by atoms with Crippen LogP contribution in [0.2, 0.25) is 0 Å². The average molecular weight is 421 g/mol. The van der Waals surface area contributed by atoms with Crippen molar-refractivity contribution in [2.45, 2.75) is 12.1 Å². The minimum Gasteiger partial charge on any atom is -0.370 e. The van der Waals surface area contributed by atoms with E-state index in [1.165, 1.54) is 12.1 Å². The molecule has 3 heterocycles. The molecule has 2 aromatic rings. The van der Waals surface area contributed by atoms with E-state index in [1.54, 1.807) is 18.3 Å². The maximum atomic E-state index is 13.2. The number of benzene rings is 1. The van der Waals surface area contributed by atoms with Crippen molar-refractivity contribution in [1.82, 2.24) is 20.1 Å². The molecule has 8 heteroatoms. The maximum absolute atomic E-state index is 13.2. The van der Waals surface area contributed by atoms with Gasteiger partial charge in [-0.15, -0.1) is 12.4 Å². The largest absolute Gasteiger partial charge is 0.370 e. The second-order valence-corrected chi connectivity index (χ2v) is 7.23. The number of rotatable bonds is 4. The summed E-state index contributed by atoms with van der Waals surface area (Å²) in [7, 11) is 0. The fourth-order valence-corrected chi connectivity index (χ4v) is 3.87. The number of pyridine rings is 1. The van der Waals surface area contributed by atoms with Crippen LogP contribution in [0.15, 0.2) is 48.8 Å². The number of ether oxygens (including phenoxy) is 1. The Bertz CT molecular complexity index is 793. The van der Waals surface area contributed by atoms with Crippen LogP contribution >= 0.6 is 12.4 Å². The number of amides is 1. The molecule has 2 aliphatic rings. The third kappa shape index (κ3) is 5.30. The van der Waals surface area contributed by atoms with Gasteiger partial charge in [0.2, 0.25) is 5.91 Å². The van der Waals surface area contributed by atoms with Gasteiger partial charge in [-0.2, -0.15) is 0 Å².